The monoisotopic (exact) mass is 211 g/mol. The summed E-state index contributed by atoms with van der Waals surface area (Å²) in [5.41, 5.74) is 0. The molecule has 0 bridgehead atoms. The Labute approximate surface area is 89.3 Å². The van der Waals surface area contributed by atoms with Gasteiger partial charge in [0.05, 0.1) is 0 Å². The Morgan fingerprint density at radius 1 is 1.67 bits per heavy atom. The molecule has 0 spiro atoms. The van der Waals surface area contributed by atoms with E-state index in [0.29, 0.717) is 12.4 Å². The fourth-order valence-corrected chi connectivity index (χ4v) is 1.62. The molecule has 0 saturated carbocycles. The number of anilines is 1. The van der Waals surface area contributed by atoms with Crippen molar-refractivity contribution in [1.29, 1.82) is 0 Å². The number of imidazole rings is 1. The van der Waals surface area contributed by atoms with Crippen LogP contribution in [0.15, 0.2) is 12.4 Å². The molecule has 0 aliphatic carbocycles. The summed E-state index contributed by atoms with van der Waals surface area (Å²) in [6.07, 6.45) is 4.09. The number of aryl methyl sites for hydroxylation is 1. The SMILES string of the molecule is CCC(C(=O)O)N(C)c1nccn1CC. The van der Waals surface area contributed by atoms with Crippen molar-refractivity contribution in [2.45, 2.75) is 32.9 Å². The van der Waals surface area contributed by atoms with Crippen LogP contribution in [0.25, 0.3) is 0 Å². The van der Waals surface area contributed by atoms with Crippen LogP contribution in [0.5, 0.6) is 0 Å². The van der Waals surface area contributed by atoms with E-state index in [1.165, 1.54) is 0 Å². The van der Waals surface area contributed by atoms with Gasteiger partial charge in [-0.3, -0.25) is 0 Å². The summed E-state index contributed by atoms with van der Waals surface area (Å²) < 4.78 is 1.92. The van der Waals surface area contributed by atoms with Crippen molar-refractivity contribution < 1.29 is 9.90 Å². The molecule has 1 aromatic heterocycles. The zero-order valence-corrected chi connectivity index (χ0v) is 9.34. The van der Waals surface area contributed by atoms with Crippen LogP contribution in [0.3, 0.4) is 0 Å². The van der Waals surface area contributed by atoms with E-state index in [1.54, 1.807) is 18.1 Å². The number of aliphatic carboxylic acids is 1. The Bertz CT molecular complexity index is 335. The third kappa shape index (κ3) is 2.29. The third-order valence-corrected chi connectivity index (χ3v) is 2.49. The van der Waals surface area contributed by atoms with Crippen molar-refractivity contribution in [2.24, 2.45) is 0 Å². The maximum atomic E-state index is 11.0. The smallest absolute Gasteiger partial charge is 0.326 e. The van der Waals surface area contributed by atoms with Gasteiger partial charge in [-0.05, 0) is 13.3 Å². The van der Waals surface area contributed by atoms with Gasteiger partial charge in [-0.15, -0.1) is 0 Å². The van der Waals surface area contributed by atoms with Crippen LogP contribution in [0.4, 0.5) is 5.95 Å². The Morgan fingerprint density at radius 3 is 2.80 bits per heavy atom. The predicted molar refractivity (Wildman–Crippen MR) is 58.0 cm³/mol. The van der Waals surface area contributed by atoms with Crippen LogP contribution in [0.2, 0.25) is 0 Å². The highest BCUT2D eigenvalue weighted by Gasteiger charge is 2.23. The molecular formula is C10H17N3O2. The number of carboxylic acid groups (broad SMARTS) is 1. The number of carbonyl (C=O) groups is 1. The van der Waals surface area contributed by atoms with Gasteiger partial charge in [0.1, 0.15) is 6.04 Å². The molecule has 0 aliphatic heterocycles. The van der Waals surface area contributed by atoms with Crippen molar-refractivity contribution in [2.75, 3.05) is 11.9 Å². The lowest BCUT2D eigenvalue weighted by Gasteiger charge is -2.25. The number of hydrogen-bond donors (Lipinski definition) is 1. The lowest BCUT2D eigenvalue weighted by Crippen LogP contribution is -2.39. The summed E-state index contributed by atoms with van der Waals surface area (Å²) in [5, 5.41) is 9.03. The maximum absolute atomic E-state index is 11.0. The van der Waals surface area contributed by atoms with Crippen molar-refractivity contribution in [3.63, 3.8) is 0 Å². The molecule has 1 N–H and O–H groups in total. The normalized spacial score (nSPS) is 12.5. The zero-order chi connectivity index (χ0) is 11.4. The van der Waals surface area contributed by atoms with Gasteiger partial charge in [-0.2, -0.15) is 0 Å². The van der Waals surface area contributed by atoms with Crippen LogP contribution in [0.1, 0.15) is 20.3 Å². The van der Waals surface area contributed by atoms with E-state index in [4.69, 9.17) is 5.11 Å². The van der Waals surface area contributed by atoms with Crippen LogP contribution in [0, 0.1) is 0 Å². The molecule has 5 nitrogen and oxygen atoms in total. The highest BCUT2D eigenvalue weighted by Crippen LogP contribution is 2.14. The summed E-state index contributed by atoms with van der Waals surface area (Å²) >= 11 is 0. The zero-order valence-electron chi connectivity index (χ0n) is 9.34. The van der Waals surface area contributed by atoms with E-state index in [2.05, 4.69) is 4.98 Å². The Hall–Kier alpha value is -1.52. The van der Waals surface area contributed by atoms with Gasteiger partial charge in [0.2, 0.25) is 5.95 Å². The second kappa shape index (κ2) is 4.82. The molecule has 1 atom stereocenters. The van der Waals surface area contributed by atoms with E-state index in [0.717, 1.165) is 6.54 Å². The molecule has 0 aliphatic rings. The molecule has 1 rings (SSSR count). The molecule has 15 heavy (non-hydrogen) atoms. The average Bonchev–Trinajstić information content (AvgIpc) is 2.65. The Balaban J connectivity index is 2.91. The van der Waals surface area contributed by atoms with E-state index in [1.807, 2.05) is 24.6 Å². The third-order valence-electron chi connectivity index (χ3n) is 2.49. The second-order valence-corrected chi connectivity index (χ2v) is 3.39. The lowest BCUT2D eigenvalue weighted by molar-refractivity contribution is -0.138. The molecular weight excluding hydrogens is 194 g/mol. The van der Waals surface area contributed by atoms with Crippen LogP contribution in [-0.4, -0.2) is 33.7 Å². The second-order valence-electron chi connectivity index (χ2n) is 3.39. The highest BCUT2D eigenvalue weighted by molar-refractivity contribution is 5.77. The number of carboxylic acids is 1. The van der Waals surface area contributed by atoms with Crippen molar-refractivity contribution in [3.05, 3.63) is 12.4 Å². The minimum atomic E-state index is -0.814. The van der Waals surface area contributed by atoms with Crippen LogP contribution in [-0.2, 0) is 11.3 Å². The van der Waals surface area contributed by atoms with Gasteiger partial charge in [0.25, 0.3) is 0 Å². The van der Waals surface area contributed by atoms with Gasteiger partial charge in [-0.25, -0.2) is 9.78 Å². The van der Waals surface area contributed by atoms with E-state index in [9.17, 15) is 4.79 Å². The standard InChI is InChI=1S/C10H17N3O2/c1-4-8(9(14)15)12(3)10-11-6-7-13(10)5-2/h6-8H,4-5H2,1-3H3,(H,14,15). The number of nitrogens with zero attached hydrogens (tertiary/aromatic N) is 3. The minimum absolute atomic E-state index is 0.516. The van der Waals surface area contributed by atoms with Gasteiger partial charge in [-0.1, -0.05) is 6.92 Å². The summed E-state index contributed by atoms with van der Waals surface area (Å²) in [6.45, 7) is 4.64. The Kier molecular flexibility index (Phi) is 3.71. The number of likely N-dealkylation sites (N-methyl/N-ethyl adjacent to an activating group) is 1. The first-order valence-electron chi connectivity index (χ1n) is 5.08. The summed E-state index contributed by atoms with van der Waals surface area (Å²) in [4.78, 5) is 16.9. The minimum Gasteiger partial charge on any atom is -0.480 e. The quantitative estimate of drug-likeness (QED) is 0.795. The first kappa shape index (κ1) is 11.6. The van der Waals surface area contributed by atoms with E-state index < -0.39 is 12.0 Å². The van der Waals surface area contributed by atoms with Crippen molar-refractivity contribution in [1.82, 2.24) is 9.55 Å². The fraction of sp³-hybridized carbons (Fsp3) is 0.600. The van der Waals surface area contributed by atoms with Crippen LogP contribution >= 0.6 is 0 Å². The molecule has 5 heteroatoms. The number of rotatable bonds is 5. The largest absolute Gasteiger partial charge is 0.480 e. The van der Waals surface area contributed by atoms with E-state index >= 15 is 0 Å². The molecule has 1 heterocycles. The molecule has 0 amide bonds. The summed E-state index contributed by atoms with van der Waals surface area (Å²) in [7, 11) is 1.76. The van der Waals surface area contributed by atoms with Crippen molar-refractivity contribution >= 4 is 11.9 Å². The van der Waals surface area contributed by atoms with Crippen LogP contribution < -0.4 is 4.90 Å². The number of aromatic nitrogens is 2. The summed E-state index contributed by atoms with van der Waals surface area (Å²) in [6, 6.07) is -0.516. The molecule has 1 aromatic rings. The lowest BCUT2D eigenvalue weighted by atomic mass is 10.2. The van der Waals surface area contributed by atoms with Gasteiger partial charge in [0, 0.05) is 26.0 Å². The van der Waals surface area contributed by atoms with Gasteiger partial charge < -0.3 is 14.6 Å². The molecule has 0 fully saturated rings. The van der Waals surface area contributed by atoms with Gasteiger partial charge >= 0.3 is 5.97 Å². The van der Waals surface area contributed by atoms with Crippen molar-refractivity contribution in [3.8, 4) is 0 Å². The molecule has 0 aromatic carbocycles. The average molecular weight is 211 g/mol. The maximum Gasteiger partial charge on any atom is 0.326 e. The molecule has 0 radical (unpaired) electrons. The Morgan fingerprint density at radius 2 is 2.33 bits per heavy atom. The topological polar surface area (TPSA) is 58.4 Å². The van der Waals surface area contributed by atoms with E-state index in [-0.39, 0.29) is 0 Å². The highest BCUT2D eigenvalue weighted by atomic mass is 16.4. The first-order valence-corrected chi connectivity index (χ1v) is 5.08. The predicted octanol–water partition coefficient (Wildman–Crippen LogP) is 1.20. The summed E-state index contributed by atoms with van der Waals surface area (Å²) in [5.74, 6) is -0.114. The first-order chi connectivity index (χ1) is 7.11. The molecule has 0 saturated heterocycles. The molecule has 84 valence electrons. The number of hydrogen-bond acceptors (Lipinski definition) is 3. The fourth-order valence-electron chi connectivity index (χ4n) is 1.62. The van der Waals surface area contributed by atoms with Gasteiger partial charge in [0.15, 0.2) is 0 Å². The molecule has 1 unspecified atom stereocenters.